The number of carbonyl (C=O) groups is 1. The van der Waals surface area contributed by atoms with Crippen LogP contribution in [0.3, 0.4) is 0 Å². The van der Waals surface area contributed by atoms with Gasteiger partial charge >= 0.3 is 0 Å². The molecular weight excluding hydrogens is 450 g/mol. The van der Waals surface area contributed by atoms with E-state index in [1.54, 1.807) is 0 Å². The number of nitrogens with one attached hydrogen (secondary N) is 1. The molecule has 2 aromatic carbocycles. The quantitative estimate of drug-likeness (QED) is 0.602. The fourth-order valence-electron chi connectivity index (χ4n) is 3.95. The lowest BCUT2D eigenvalue weighted by Gasteiger charge is -2.48. The summed E-state index contributed by atoms with van der Waals surface area (Å²) in [6, 6.07) is 17.8. The van der Waals surface area contributed by atoms with Crippen LogP contribution in [0.5, 0.6) is 0 Å². The maximum absolute atomic E-state index is 12.1. The minimum Gasteiger partial charge on any atom is -0.346 e. The third kappa shape index (κ3) is 6.17. The van der Waals surface area contributed by atoms with E-state index in [-0.39, 0.29) is 19.1 Å². The summed E-state index contributed by atoms with van der Waals surface area (Å²) in [5.41, 5.74) is 1.67. The van der Waals surface area contributed by atoms with Crippen LogP contribution in [-0.2, 0) is 44.7 Å². The smallest absolute Gasteiger partial charge is 0.264 e. The molecule has 4 rings (SSSR count). The molecule has 2 saturated heterocycles. The second kappa shape index (κ2) is 10.3. The summed E-state index contributed by atoms with van der Waals surface area (Å²) < 4.78 is 53.7. The molecule has 2 fully saturated rings. The van der Waals surface area contributed by atoms with Gasteiger partial charge < -0.3 is 24.3 Å². The second-order valence-corrected chi connectivity index (χ2v) is 9.61. The number of hydrogen-bond acceptors (Lipinski definition) is 8. The van der Waals surface area contributed by atoms with Gasteiger partial charge in [-0.1, -0.05) is 60.7 Å². The molecule has 0 unspecified atom stereocenters. The summed E-state index contributed by atoms with van der Waals surface area (Å²) in [4.78, 5) is 12.0. The van der Waals surface area contributed by atoms with Gasteiger partial charge in [0.2, 0.25) is 5.91 Å². The fraction of sp³-hybridized carbons (Fsp3) is 0.435. The molecule has 2 heterocycles. The van der Waals surface area contributed by atoms with Crippen molar-refractivity contribution in [1.82, 2.24) is 5.32 Å². The lowest BCUT2D eigenvalue weighted by Crippen LogP contribution is -2.67. The standard InChI is InChI=1S/C23H27NO8S/c1-15(25)24-19-21(32-33(2,26)27)20-18(14-29-22(31-20)17-11-7-4-8-12-17)30-23(19)28-13-16-9-5-3-6-10-16/h3-12,18-23H,13-14H2,1-2H3,(H,24,25)/t18-,19+,20+,21+,22+,23-/m1/s1. The third-order valence-electron chi connectivity index (χ3n) is 5.32. The monoisotopic (exact) mass is 477 g/mol. The summed E-state index contributed by atoms with van der Waals surface area (Å²) >= 11 is 0. The zero-order valence-corrected chi connectivity index (χ0v) is 19.1. The maximum Gasteiger partial charge on any atom is 0.264 e. The Labute approximate surface area is 193 Å². The van der Waals surface area contributed by atoms with Gasteiger partial charge in [0.05, 0.1) is 19.5 Å². The molecule has 33 heavy (non-hydrogen) atoms. The van der Waals surface area contributed by atoms with Gasteiger partial charge in [-0.25, -0.2) is 0 Å². The van der Waals surface area contributed by atoms with Crippen molar-refractivity contribution in [3.8, 4) is 0 Å². The number of amides is 1. The molecule has 0 bridgehead atoms. The van der Waals surface area contributed by atoms with E-state index in [2.05, 4.69) is 5.32 Å². The summed E-state index contributed by atoms with van der Waals surface area (Å²) in [6.07, 6.45) is -3.34. The Morgan fingerprint density at radius 2 is 1.73 bits per heavy atom. The summed E-state index contributed by atoms with van der Waals surface area (Å²) in [6.45, 7) is 1.65. The van der Waals surface area contributed by atoms with E-state index in [0.29, 0.717) is 0 Å². The molecule has 0 spiro atoms. The maximum atomic E-state index is 12.1. The van der Waals surface area contributed by atoms with Crippen molar-refractivity contribution in [2.24, 2.45) is 0 Å². The van der Waals surface area contributed by atoms with E-state index in [4.69, 9.17) is 23.1 Å². The Bertz CT molecular complexity index is 1030. The van der Waals surface area contributed by atoms with Crippen LogP contribution in [0, 0.1) is 0 Å². The van der Waals surface area contributed by atoms with Gasteiger partial charge in [-0.15, -0.1) is 0 Å². The zero-order chi connectivity index (χ0) is 23.4. The first-order valence-electron chi connectivity index (χ1n) is 10.6. The van der Waals surface area contributed by atoms with Crippen molar-refractivity contribution < 1.29 is 36.3 Å². The number of benzene rings is 2. The third-order valence-corrected chi connectivity index (χ3v) is 5.90. The molecule has 10 heteroatoms. The van der Waals surface area contributed by atoms with Gasteiger partial charge in [-0.05, 0) is 5.56 Å². The molecule has 1 amide bonds. The first-order chi connectivity index (χ1) is 15.8. The predicted molar refractivity (Wildman–Crippen MR) is 117 cm³/mol. The second-order valence-electron chi connectivity index (χ2n) is 8.01. The molecular formula is C23H27NO8S. The van der Waals surface area contributed by atoms with Crippen molar-refractivity contribution in [3.05, 3.63) is 71.8 Å². The highest BCUT2D eigenvalue weighted by Crippen LogP contribution is 2.36. The Balaban J connectivity index is 1.60. The van der Waals surface area contributed by atoms with Gasteiger partial charge in [-0.2, -0.15) is 8.42 Å². The molecule has 178 valence electrons. The molecule has 0 aromatic heterocycles. The highest BCUT2D eigenvalue weighted by Gasteiger charge is 2.52. The van der Waals surface area contributed by atoms with Crippen LogP contribution < -0.4 is 5.32 Å². The normalized spacial score (nSPS) is 29.8. The van der Waals surface area contributed by atoms with Crippen molar-refractivity contribution in [3.63, 3.8) is 0 Å². The van der Waals surface area contributed by atoms with E-state index in [9.17, 15) is 13.2 Å². The van der Waals surface area contributed by atoms with Gasteiger partial charge in [0.25, 0.3) is 10.1 Å². The number of ether oxygens (including phenoxy) is 4. The Morgan fingerprint density at radius 1 is 1.06 bits per heavy atom. The van der Waals surface area contributed by atoms with Gasteiger partial charge in [0.1, 0.15) is 24.4 Å². The van der Waals surface area contributed by atoms with Crippen LogP contribution >= 0.6 is 0 Å². The van der Waals surface area contributed by atoms with Gasteiger partial charge in [-0.3, -0.25) is 8.98 Å². The zero-order valence-electron chi connectivity index (χ0n) is 18.3. The molecule has 0 aliphatic carbocycles. The van der Waals surface area contributed by atoms with Gasteiger partial charge in [0.15, 0.2) is 12.6 Å². The molecule has 0 saturated carbocycles. The van der Waals surface area contributed by atoms with Crippen LogP contribution in [0.4, 0.5) is 0 Å². The Morgan fingerprint density at radius 3 is 2.36 bits per heavy atom. The summed E-state index contributed by atoms with van der Waals surface area (Å²) in [7, 11) is -3.90. The molecule has 2 aliphatic rings. The lowest BCUT2D eigenvalue weighted by atomic mass is 9.95. The van der Waals surface area contributed by atoms with E-state index < -0.39 is 47.1 Å². The van der Waals surface area contributed by atoms with Crippen LogP contribution in [0.15, 0.2) is 60.7 Å². The Kier molecular flexibility index (Phi) is 7.42. The van der Waals surface area contributed by atoms with Gasteiger partial charge in [0, 0.05) is 12.5 Å². The molecule has 9 nitrogen and oxygen atoms in total. The molecule has 1 N–H and O–H groups in total. The number of hydrogen-bond donors (Lipinski definition) is 1. The average molecular weight is 478 g/mol. The molecule has 2 aromatic rings. The van der Waals surface area contributed by atoms with Crippen molar-refractivity contribution in [2.45, 2.75) is 50.5 Å². The van der Waals surface area contributed by atoms with E-state index in [0.717, 1.165) is 17.4 Å². The topological polar surface area (TPSA) is 109 Å². The van der Waals surface area contributed by atoms with E-state index in [1.165, 1.54) is 6.92 Å². The summed E-state index contributed by atoms with van der Waals surface area (Å²) in [5, 5.41) is 2.73. The molecule has 0 radical (unpaired) electrons. The lowest BCUT2D eigenvalue weighted by molar-refractivity contribution is -0.342. The molecule has 2 aliphatic heterocycles. The Hall–Kier alpha value is -2.34. The van der Waals surface area contributed by atoms with Crippen LogP contribution in [0.2, 0.25) is 0 Å². The highest BCUT2D eigenvalue weighted by molar-refractivity contribution is 7.86. The summed E-state index contributed by atoms with van der Waals surface area (Å²) in [5.74, 6) is -0.385. The van der Waals surface area contributed by atoms with Crippen molar-refractivity contribution >= 4 is 16.0 Å². The minimum absolute atomic E-state index is 0.131. The van der Waals surface area contributed by atoms with Crippen LogP contribution in [0.1, 0.15) is 24.3 Å². The number of carbonyl (C=O) groups excluding carboxylic acids is 1. The highest BCUT2D eigenvalue weighted by atomic mass is 32.2. The largest absolute Gasteiger partial charge is 0.346 e. The predicted octanol–water partition coefficient (Wildman–Crippen LogP) is 1.89. The van der Waals surface area contributed by atoms with Crippen molar-refractivity contribution in [1.29, 1.82) is 0 Å². The fourth-order valence-corrected chi connectivity index (χ4v) is 4.58. The SMILES string of the molecule is CC(=O)N[C@@H]1[C@H](OCc2ccccc2)O[C@@H]2CO[C@H](c3ccccc3)O[C@@H]2[C@H]1OS(C)(=O)=O. The minimum atomic E-state index is -3.90. The van der Waals surface area contributed by atoms with E-state index >= 15 is 0 Å². The number of rotatable bonds is 7. The average Bonchev–Trinajstić information content (AvgIpc) is 2.79. The first-order valence-corrected chi connectivity index (χ1v) is 12.4. The van der Waals surface area contributed by atoms with Crippen LogP contribution in [0.25, 0.3) is 0 Å². The molecule has 6 atom stereocenters. The van der Waals surface area contributed by atoms with Crippen molar-refractivity contribution in [2.75, 3.05) is 12.9 Å². The van der Waals surface area contributed by atoms with E-state index in [1.807, 2.05) is 60.7 Å². The van der Waals surface area contributed by atoms with Crippen LogP contribution in [-0.4, -0.2) is 57.8 Å². The first kappa shape index (κ1) is 23.8. The number of fused-ring (bicyclic) bond motifs is 1.